The van der Waals surface area contributed by atoms with Gasteiger partial charge in [-0.25, -0.2) is 0 Å². The molecule has 2 heterocycles. The Labute approximate surface area is 321 Å². The maximum Gasteiger partial charge on any atom is 0.0620 e. The first-order valence-electron chi connectivity index (χ1n) is 18.9. The average Bonchev–Trinajstić information content (AvgIpc) is 3.80. The Bertz CT molecular complexity index is 3370. The lowest BCUT2D eigenvalue weighted by molar-refractivity contribution is 1.21. The summed E-state index contributed by atoms with van der Waals surface area (Å²) < 4.78 is 5.18. The molecule has 0 bridgehead atoms. The van der Waals surface area contributed by atoms with Gasteiger partial charge in [-0.15, -0.1) is 11.3 Å². The largest absolute Gasteiger partial charge is 0.311 e. The van der Waals surface area contributed by atoms with Crippen molar-refractivity contribution in [3.8, 4) is 16.8 Å². The lowest BCUT2D eigenvalue weighted by Gasteiger charge is -2.25. The topological polar surface area (TPSA) is 8.17 Å². The maximum atomic E-state index is 2.54. The van der Waals surface area contributed by atoms with E-state index in [0.29, 0.717) is 0 Å². The van der Waals surface area contributed by atoms with Crippen molar-refractivity contribution < 1.29 is 0 Å². The molecule has 10 aromatic carbocycles. The van der Waals surface area contributed by atoms with Gasteiger partial charge < -0.3 is 9.47 Å². The third-order valence-corrected chi connectivity index (χ3v) is 12.6. The molecule has 2 aromatic heterocycles. The summed E-state index contributed by atoms with van der Waals surface area (Å²) in [5.41, 5.74) is 9.58. The first kappa shape index (κ1) is 30.5. The van der Waals surface area contributed by atoms with E-state index in [-0.39, 0.29) is 0 Å². The summed E-state index contributed by atoms with van der Waals surface area (Å²) in [6, 6.07) is 71.3. The van der Waals surface area contributed by atoms with E-state index in [2.05, 4.69) is 204 Å². The Morgan fingerprint density at radius 3 is 1.80 bits per heavy atom. The zero-order chi connectivity index (χ0) is 36.0. The minimum absolute atomic E-state index is 1.13. The average molecular weight is 717 g/mol. The lowest BCUT2D eigenvalue weighted by Crippen LogP contribution is -2.09. The number of anilines is 3. The second kappa shape index (κ2) is 11.8. The number of fused-ring (bicyclic) bond motifs is 7. The second-order valence-corrected chi connectivity index (χ2v) is 15.5. The highest BCUT2D eigenvalue weighted by molar-refractivity contribution is 7.25. The molecule has 12 aromatic rings. The molecule has 0 aliphatic carbocycles. The zero-order valence-electron chi connectivity index (χ0n) is 29.8. The number of para-hydroxylation sites is 3. The SMILES string of the molecule is c1ccc(N(c2ccccc2)c2ccc(-c3ccc4ccc5cc6c7ccccc7n(-c7cccc8sc9ccccc9c78)c6c6ccc3c4c56)cc2)cc1. The first-order chi connectivity index (χ1) is 27.3. The van der Waals surface area contributed by atoms with Gasteiger partial charge in [-0.1, -0.05) is 127 Å². The zero-order valence-corrected chi connectivity index (χ0v) is 30.6. The fourth-order valence-electron chi connectivity index (χ4n) is 9.16. The Balaban J connectivity index is 1.09. The summed E-state index contributed by atoms with van der Waals surface area (Å²) in [6.45, 7) is 0. The van der Waals surface area contributed by atoms with Crippen LogP contribution in [0.2, 0.25) is 0 Å². The summed E-state index contributed by atoms with van der Waals surface area (Å²) in [7, 11) is 0. The molecule has 0 atom stereocenters. The van der Waals surface area contributed by atoms with Gasteiger partial charge in [-0.3, -0.25) is 0 Å². The van der Waals surface area contributed by atoms with Crippen LogP contribution in [0.5, 0.6) is 0 Å². The molecular formula is C52H32N2S. The molecule has 0 N–H and O–H groups in total. The number of nitrogens with zero attached hydrogens (tertiary/aromatic N) is 2. The third-order valence-electron chi connectivity index (χ3n) is 11.5. The van der Waals surface area contributed by atoms with Crippen LogP contribution in [0.1, 0.15) is 0 Å². The predicted molar refractivity (Wildman–Crippen MR) is 237 cm³/mol. The van der Waals surface area contributed by atoms with Crippen molar-refractivity contribution in [2.75, 3.05) is 4.90 Å². The van der Waals surface area contributed by atoms with Crippen molar-refractivity contribution >= 4 is 103 Å². The fraction of sp³-hybridized carbons (Fsp3) is 0. The van der Waals surface area contributed by atoms with Crippen LogP contribution in [0.15, 0.2) is 194 Å². The van der Waals surface area contributed by atoms with Crippen LogP contribution in [0.4, 0.5) is 17.1 Å². The molecular weight excluding hydrogens is 685 g/mol. The maximum absolute atomic E-state index is 2.54. The smallest absolute Gasteiger partial charge is 0.0620 e. The molecule has 0 fully saturated rings. The highest BCUT2D eigenvalue weighted by Crippen LogP contribution is 2.47. The molecule has 0 saturated heterocycles. The van der Waals surface area contributed by atoms with E-state index in [1.54, 1.807) is 0 Å². The van der Waals surface area contributed by atoms with Crippen molar-refractivity contribution in [1.29, 1.82) is 0 Å². The van der Waals surface area contributed by atoms with Crippen LogP contribution in [0, 0.1) is 0 Å². The van der Waals surface area contributed by atoms with E-state index in [1.807, 2.05) is 11.3 Å². The molecule has 0 radical (unpaired) electrons. The molecule has 0 aliphatic rings. The van der Waals surface area contributed by atoms with Gasteiger partial charge >= 0.3 is 0 Å². The first-order valence-corrected chi connectivity index (χ1v) is 19.7. The molecule has 3 heteroatoms. The van der Waals surface area contributed by atoms with Crippen LogP contribution in [-0.4, -0.2) is 4.57 Å². The van der Waals surface area contributed by atoms with Gasteiger partial charge in [0.25, 0.3) is 0 Å². The van der Waals surface area contributed by atoms with Crippen LogP contribution in [0.3, 0.4) is 0 Å². The summed E-state index contributed by atoms with van der Waals surface area (Å²) in [5, 5.41) is 12.9. The molecule has 0 unspecified atom stereocenters. The summed E-state index contributed by atoms with van der Waals surface area (Å²) >= 11 is 1.88. The van der Waals surface area contributed by atoms with Crippen LogP contribution in [-0.2, 0) is 0 Å². The van der Waals surface area contributed by atoms with Gasteiger partial charge in [0.05, 0.1) is 16.7 Å². The Morgan fingerprint density at radius 1 is 0.382 bits per heavy atom. The van der Waals surface area contributed by atoms with Crippen molar-refractivity contribution in [2.24, 2.45) is 0 Å². The number of aromatic nitrogens is 1. The fourth-order valence-corrected chi connectivity index (χ4v) is 10.3. The molecule has 0 amide bonds. The Kier molecular flexibility index (Phi) is 6.54. The Hall–Kier alpha value is -6.94. The number of rotatable bonds is 5. The van der Waals surface area contributed by atoms with E-state index in [0.717, 1.165) is 17.1 Å². The standard InChI is InChI=1S/C52H32N2S/c1-3-12-36(13-4-1)53(37-14-5-2-6-15-37)38-27-24-33(25-28-38)39-29-26-34-22-23-35-32-44-40-16-7-9-18-45(40)54(52(44)43-31-30-41(39)49(34)50(35)43)46-19-11-21-48-51(46)42-17-8-10-20-47(42)55-48/h1-32H. The number of hydrogen-bond acceptors (Lipinski definition) is 2. The molecule has 0 aliphatic heterocycles. The summed E-state index contributed by atoms with van der Waals surface area (Å²) in [5.74, 6) is 0. The van der Waals surface area contributed by atoms with Gasteiger partial charge in [0.1, 0.15) is 0 Å². The predicted octanol–water partition coefficient (Wildman–Crippen LogP) is 15.2. The van der Waals surface area contributed by atoms with Crippen molar-refractivity contribution in [2.45, 2.75) is 0 Å². The molecule has 12 rings (SSSR count). The third kappa shape index (κ3) is 4.48. The molecule has 0 saturated carbocycles. The normalized spacial score (nSPS) is 12.0. The van der Waals surface area contributed by atoms with E-state index >= 15 is 0 Å². The molecule has 0 spiro atoms. The quantitative estimate of drug-likeness (QED) is 0.161. The van der Waals surface area contributed by atoms with E-state index in [1.165, 1.54) is 91.1 Å². The van der Waals surface area contributed by atoms with Gasteiger partial charge in [0.2, 0.25) is 0 Å². The minimum atomic E-state index is 1.13. The number of thiophene rings is 1. The molecule has 256 valence electrons. The van der Waals surface area contributed by atoms with Gasteiger partial charge in [-0.2, -0.15) is 0 Å². The van der Waals surface area contributed by atoms with Crippen molar-refractivity contribution in [3.63, 3.8) is 0 Å². The Morgan fingerprint density at radius 2 is 1.00 bits per heavy atom. The second-order valence-electron chi connectivity index (χ2n) is 14.5. The summed E-state index contributed by atoms with van der Waals surface area (Å²) in [6.07, 6.45) is 0. The highest BCUT2D eigenvalue weighted by atomic mass is 32.1. The van der Waals surface area contributed by atoms with Crippen molar-refractivity contribution in [3.05, 3.63) is 194 Å². The van der Waals surface area contributed by atoms with E-state index < -0.39 is 0 Å². The number of benzene rings is 10. The molecule has 2 nitrogen and oxygen atoms in total. The van der Waals surface area contributed by atoms with Crippen LogP contribution in [0.25, 0.3) is 91.1 Å². The summed E-state index contributed by atoms with van der Waals surface area (Å²) in [4.78, 5) is 2.32. The lowest BCUT2D eigenvalue weighted by atomic mass is 9.89. The number of hydrogen-bond donors (Lipinski definition) is 0. The van der Waals surface area contributed by atoms with Crippen LogP contribution < -0.4 is 4.90 Å². The van der Waals surface area contributed by atoms with Gasteiger partial charge in [0, 0.05) is 53.4 Å². The van der Waals surface area contributed by atoms with Crippen molar-refractivity contribution in [1.82, 2.24) is 4.57 Å². The van der Waals surface area contributed by atoms with E-state index in [9.17, 15) is 0 Å². The monoisotopic (exact) mass is 716 g/mol. The van der Waals surface area contributed by atoms with Crippen LogP contribution >= 0.6 is 11.3 Å². The van der Waals surface area contributed by atoms with E-state index in [4.69, 9.17) is 0 Å². The highest BCUT2D eigenvalue weighted by Gasteiger charge is 2.22. The minimum Gasteiger partial charge on any atom is -0.311 e. The van der Waals surface area contributed by atoms with Gasteiger partial charge in [0.15, 0.2) is 0 Å². The molecule has 55 heavy (non-hydrogen) atoms. The van der Waals surface area contributed by atoms with Gasteiger partial charge in [-0.05, 0) is 105 Å².